The number of carbonyl (C=O) groups excluding carboxylic acids is 1. The highest BCUT2D eigenvalue weighted by atomic mass is 16.4. The second-order valence-electron chi connectivity index (χ2n) is 6.27. The molecule has 1 aliphatic heterocycles. The Morgan fingerprint density at radius 3 is 2.38 bits per heavy atom. The Bertz CT molecular complexity index is 367. The number of aliphatic hydroxyl groups excluding tert-OH is 1. The average Bonchev–Trinajstić information content (AvgIpc) is 2.48. The van der Waals surface area contributed by atoms with Crippen LogP contribution in [0.2, 0.25) is 0 Å². The van der Waals surface area contributed by atoms with Gasteiger partial charge in [-0.3, -0.25) is 4.79 Å². The zero-order valence-corrected chi connectivity index (χ0v) is 12.5. The van der Waals surface area contributed by atoms with Crippen molar-refractivity contribution in [1.82, 2.24) is 10.2 Å². The lowest BCUT2D eigenvalue weighted by atomic mass is 9.91. The first kappa shape index (κ1) is 16.1. The molecular formula is C15H26N2O4. The first-order chi connectivity index (χ1) is 10.1. The van der Waals surface area contributed by atoms with Gasteiger partial charge in [0.1, 0.15) is 0 Å². The fourth-order valence-corrected chi connectivity index (χ4v) is 3.28. The molecule has 2 unspecified atom stereocenters. The number of nitrogens with one attached hydrogen (secondary N) is 1. The Kier molecular flexibility index (Phi) is 5.85. The van der Waals surface area contributed by atoms with Gasteiger partial charge in [-0.1, -0.05) is 12.8 Å². The van der Waals surface area contributed by atoms with Crippen molar-refractivity contribution in [1.29, 1.82) is 0 Å². The van der Waals surface area contributed by atoms with E-state index in [4.69, 9.17) is 5.11 Å². The van der Waals surface area contributed by atoms with E-state index < -0.39 is 12.1 Å². The number of hydrogen-bond acceptors (Lipinski definition) is 3. The van der Waals surface area contributed by atoms with Crippen LogP contribution in [0.5, 0.6) is 0 Å². The number of aliphatic hydroxyl groups is 1. The van der Waals surface area contributed by atoms with Gasteiger partial charge in [-0.05, 0) is 38.0 Å². The highest BCUT2D eigenvalue weighted by molar-refractivity contribution is 5.74. The number of aliphatic carboxylic acids is 1. The number of nitrogens with zero attached hydrogens (tertiary/aromatic N) is 1. The maximum absolute atomic E-state index is 12.2. The third-order valence-electron chi connectivity index (χ3n) is 4.71. The van der Waals surface area contributed by atoms with E-state index in [9.17, 15) is 14.7 Å². The summed E-state index contributed by atoms with van der Waals surface area (Å²) in [6, 6.07) is -0.200. The van der Waals surface area contributed by atoms with E-state index >= 15 is 0 Å². The summed E-state index contributed by atoms with van der Waals surface area (Å²) in [5.74, 6) is -0.341. The molecule has 0 aromatic rings. The summed E-state index contributed by atoms with van der Waals surface area (Å²) in [5.41, 5.74) is 0. The topological polar surface area (TPSA) is 89.9 Å². The number of hydrogen-bond donors (Lipinski definition) is 3. The summed E-state index contributed by atoms with van der Waals surface area (Å²) in [6.45, 7) is 1.36. The number of carboxylic acids is 1. The Morgan fingerprint density at radius 2 is 1.76 bits per heavy atom. The van der Waals surface area contributed by atoms with Crippen LogP contribution in [0.25, 0.3) is 0 Å². The maximum atomic E-state index is 12.2. The summed E-state index contributed by atoms with van der Waals surface area (Å²) in [4.78, 5) is 24.6. The second kappa shape index (κ2) is 7.64. The zero-order valence-electron chi connectivity index (χ0n) is 12.5. The van der Waals surface area contributed by atoms with Crippen molar-refractivity contribution in [2.45, 2.75) is 63.5 Å². The molecule has 1 saturated carbocycles. The molecule has 1 saturated heterocycles. The molecule has 3 N–H and O–H groups in total. The van der Waals surface area contributed by atoms with Crippen LogP contribution >= 0.6 is 0 Å². The van der Waals surface area contributed by atoms with Gasteiger partial charge in [0.05, 0.1) is 12.1 Å². The lowest BCUT2D eigenvalue weighted by Crippen LogP contribution is -2.52. The molecule has 21 heavy (non-hydrogen) atoms. The monoisotopic (exact) mass is 298 g/mol. The van der Waals surface area contributed by atoms with Gasteiger partial charge in [0, 0.05) is 19.5 Å². The number of likely N-dealkylation sites (tertiary alicyclic amines) is 1. The molecule has 0 bridgehead atoms. The molecule has 0 aromatic carbocycles. The average molecular weight is 298 g/mol. The lowest BCUT2D eigenvalue weighted by molar-refractivity contribution is -0.137. The van der Waals surface area contributed by atoms with Gasteiger partial charge in [0.15, 0.2) is 0 Å². The van der Waals surface area contributed by atoms with Gasteiger partial charge in [0.25, 0.3) is 0 Å². The fraction of sp³-hybridized carbons (Fsp3) is 0.867. The summed E-state index contributed by atoms with van der Waals surface area (Å²) >= 11 is 0. The van der Waals surface area contributed by atoms with Crippen LogP contribution in [0.3, 0.4) is 0 Å². The summed E-state index contributed by atoms with van der Waals surface area (Å²) < 4.78 is 0. The van der Waals surface area contributed by atoms with Crippen molar-refractivity contribution in [3.8, 4) is 0 Å². The van der Waals surface area contributed by atoms with Gasteiger partial charge >= 0.3 is 12.0 Å². The van der Waals surface area contributed by atoms with Crippen LogP contribution in [0.4, 0.5) is 4.79 Å². The molecule has 2 rings (SSSR count). The molecule has 2 amide bonds. The van der Waals surface area contributed by atoms with E-state index in [2.05, 4.69) is 5.32 Å². The van der Waals surface area contributed by atoms with E-state index in [0.29, 0.717) is 25.4 Å². The Balaban J connectivity index is 1.71. The van der Waals surface area contributed by atoms with Gasteiger partial charge in [0.2, 0.25) is 0 Å². The number of carbonyl (C=O) groups is 2. The normalized spacial score (nSPS) is 27.4. The number of urea groups is 1. The first-order valence-electron chi connectivity index (χ1n) is 8.01. The minimum Gasteiger partial charge on any atom is -0.481 e. The molecule has 120 valence electrons. The third kappa shape index (κ3) is 4.88. The van der Waals surface area contributed by atoms with Gasteiger partial charge in [-0.15, -0.1) is 0 Å². The predicted molar refractivity (Wildman–Crippen MR) is 78.0 cm³/mol. The van der Waals surface area contributed by atoms with E-state index in [-0.39, 0.29) is 18.5 Å². The molecule has 6 nitrogen and oxygen atoms in total. The van der Waals surface area contributed by atoms with Crippen LogP contribution in [-0.4, -0.2) is 52.3 Å². The predicted octanol–water partition coefficient (Wildman–Crippen LogP) is 1.58. The quantitative estimate of drug-likeness (QED) is 0.735. The number of carboxylic acid groups (broad SMARTS) is 1. The fourth-order valence-electron chi connectivity index (χ4n) is 3.28. The molecule has 0 aromatic heterocycles. The van der Waals surface area contributed by atoms with Crippen molar-refractivity contribution < 1.29 is 19.8 Å². The highest BCUT2D eigenvalue weighted by Gasteiger charge is 2.28. The molecular weight excluding hydrogens is 272 g/mol. The van der Waals surface area contributed by atoms with Crippen LogP contribution < -0.4 is 5.32 Å². The standard InChI is InChI=1S/C15H26N2O4/c18-13-4-2-1-3-12(13)16-15(21)17-9-7-11(8-10-17)5-6-14(19)20/h11-13,18H,1-10H2,(H,16,21)(H,19,20). The van der Waals surface area contributed by atoms with Crippen molar-refractivity contribution in [2.75, 3.05) is 13.1 Å². The number of piperidine rings is 1. The van der Waals surface area contributed by atoms with Crippen LogP contribution in [0, 0.1) is 5.92 Å². The number of rotatable bonds is 4. The minimum absolute atomic E-state index is 0.0855. The smallest absolute Gasteiger partial charge is 0.317 e. The molecule has 1 aliphatic carbocycles. The van der Waals surface area contributed by atoms with E-state index in [1.165, 1.54) is 0 Å². The molecule has 2 fully saturated rings. The molecule has 6 heteroatoms. The van der Waals surface area contributed by atoms with Crippen molar-refractivity contribution in [3.63, 3.8) is 0 Å². The SMILES string of the molecule is O=C(O)CCC1CCN(C(=O)NC2CCCCC2O)CC1. The highest BCUT2D eigenvalue weighted by Crippen LogP contribution is 2.23. The Hall–Kier alpha value is -1.30. The van der Waals surface area contributed by atoms with E-state index in [1.54, 1.807) is 4.90 Å². The van der Waals surface area contributed by atoms with E-state index in [1.807, 2.05) is 0 Å². The van der Waals surface area contributed by atoms with Crippen LogP contribution in [-0.2, 0) is 4.79 Å². The van der Waals surface area contributed by atoms with Crippen LogP contribution in [0.1, 0.15) is 51.4 Å². The Morgan fingerprint density at radius 1 is 1.10 bits per heavy atom. The molecule has 2 atom stereocenters. The maximum Gasteiger partial charge on any atom is 0.317 e. The van der Waals surface area contributed by atoms with Crippen molar-refractivity contribution in [2.24, 2.45) is 5.92 Å². The lowest BCUT2D eigenvalue weighted by Gasteiger charge is -2.35. The molecule has 0 radical (unpaired) electrons. The largest absolute Gasteiger partial charge is 0.481 e. The number of amides is 2. The van der Waals surface area contributed by atoms with Gasteiger partial charge in [-0.2, -0.15) is 0 Å². The summed E-state index contributed by atoms with van der Waals surface area (Å²) in [6.07, 6.45) is 5.93. The van der Waals surface area contributed by atoms with Gasteiger partial charge < -0.3 is 20.4 Å². The summed E-state index contributed by atoms with van der Waals surface area (Å²) in [5, 5.41) is 21.5. The molecule has 0 spiro atoms. The zero-order chi connectivity index (χ0) is 15.2. The third-order valence-corrected chi connectivity index (χ3v) is 4.71. The molecule has 1 heterocycles. The Labute approximate surface area is 125 Å². The summed E-state index contributed by atoms with van der Waals surface area (Å²) in [7, 11) is 0. The second-order valence-corrected chi connectivity index (χ2v) is 6.27. The van der Waals surface area contributed by atoms with Crippen LogP contribution in [0.15, 0.2) is 0 Å². The molecule has 2 aliphatic rings. The van der Waals surface area contributed by atoms with Crippen molar-refractivity contribution >= 4 is 12.0 Å². The first-order valence-corrected chi connectivity index (χ1v) is 8.01. The van der Waals surface area contributed by atoms with Crippen molar-refractivity contribution in [3.05, 3.63) is 0 Å². The minimum atomic E-state index is -0.749. The van der Waals surface area contributed by atoms with Gasteiger partial charge in [-0.25, -0.2) is 4.79 Å². The van der Waals surface area contributed by atoms with E-state index in [0.717, 1.165) is 38.5 Å².